The van der Waals surface area contributed by atoms with Gasteiger partial charge in [0.05, 0.1) is 12.2 Å². The Kier molecular flexibility index (Phi) is 11.9. The zero-order valence-corrected chi connectivity index (χ0v) is 16.7. The number of hydrogen-bond acceptors (Lipinski definition) is 2. The molecule has 1 aliphatic rings. The van der Waals surface area contributed by atoms with Crippen molar-refractivity contribution in [3.05, 3.63) is 19.1 Å². The topological polar surface area (TPSA) is 18.5 Å². The zero-order chi connectivity index (χ0) is 10.6. The quantitative estimate of drug-likeness (QED) is 0.459. The minimum absolute atomic E-state index is 0. The van der Waals surface area contributed by atoms with Gasteiger partial charge in [-0.15, -0.1) is 0 Å². The number of allylic oxidation sites excluding steroid dienone is 1. The van der Waals surface area contributed by atoms with E-state index in [4.69, 9.17) is 9.47 Å². The van der Waals surface area contributed by atoms with Crippen LogP contribution >= 0.6 is 0 Å². The van der Waals surface area contributed by atoms with Crippen molar-refractivity contribution in [1.29, 1.82) is 0 Å². The normalized spacial score (nSPS) is 29.9. The SMILES string of the molecule is [CH2][C@@H]1C[C@H](/C=C/C(C)C)O[C@H](CC)O1.[Cl-].[Hg+]. The van der Waals surface area contributed by atoms with Crippen LogP contribution in [0.5, 0.6) is 0 Å². The largest absolute Gasteiger partial charge is 1.00 e. The molecule has 1 saturated heterocycles. The maximum atomic E-state index is 5.71. The molecule has 90 valence electrons. The van der Waals surface area contributed by atoms with E-state index in [2.05, 4.69) is 39.8 Å². The van der Waals surface area contributed by atoms with Crippen LogP contribution in [0, 0.1) is 12.8 Å². The maximum Gasteiger partial charge on any atom is 1.00 e. The molecule has 0 aromatic heterocycles. The standard InChI is InChI=1S/C12H21O2.ClH.Hg/c1-5-12-13-10(4)8-11(14-12)7-6-9(2)3;;/h6-7,9-12H,4-5,8H2,1-3H3;1H;/q;;+1/p-1/b7-6+;;/t10-,11+,12-;;/m1../s1. The van der Waals surface area contributed by atoms with Crippen molar-refractivity contribution in [3.8, 4) is 0 Å². The summed E-state index contributed by atoms with van der Waals surface area (Å²) in [7, 11) is 0. The van der Waals surface area contributed by atoms with Gasteiger partial charge in [-0.2, -0.15) is 0 Å². The van der Waals surface area contributed by atoms with Crippen molar-refractivity contribution in [1.82, 2.24) is 0 Å². The van der Waals surface area contributed by atoms with Gasteiger partial charge >= 0.3 is 27.7 Å². The Labute approximate surface area is 126 Å². The predicted octanol–water partition coefficient (Wildman–Crippen LogP) is -0.0556. The average molecular weight is 433 g/mol. The van der Waals surface area contributed by atoms with E-state index in [0.717, 1.165) is 12.8 Å². The summed E-state index contributed by atoms with van der Waals surface area (Å²) < 4.78 is 11.2. The van der Waals surface area contributed by atoms with Crippen molar-refractivity contribution in [2.75, 3.05) is 0 Å². The molecule has 0 aromatic rings. The van der Waals surface area contributed by atoms with Crippen molar-refractivity contribution in [3.63, 3.8) is 0 Å². The molecule has 1 rings (SSSR count). The smallest absolute Gasteiger partial charge is 1.00 e. The summed E-state index contributed by atoms with van der Waals surface area (Å²) >= 11 is 0. The Bertz CT molecular complexity index is 197. The number of halogens is 1. The van der Waals surface area contributed by atoms with Crippen LogP contribution in [0.25, 0.3) is 0 Å². The van der Waals surface area contributed by atoms with Gasteiger partial charge in [-0.3, -0.25) is 0 Å². The van der Waals surface area contributed by atoms with Crippen LogP contribution in [0.3, 0.4) is 0 Å². The molecule has 0 bridgehead atoms. The number of rotatable bonds is 3. The summed E-state index contributed by atoms with van der Waals surface area (Å²) in [6, 6.07) is 0. The molecule has 0 saturated carbocycles. The fourth-order valence-corrected chi connectivity index (χ4v) is 1.47. The Hall–Kier alpha value is 0.885. The third kappa shape index (κ3) is 7.26. The van der Waals surface area contributed by atoms with Crippen LogP contribution < -0.4 is 12.4 Å². The van der Waals surface area contributed by atoms with Crippen molar-refractivity contribution < 1.29 is 49.5 Å². The molecule has 0 N–H and O–H groups in total. The molecule has 4 heteroatoms. The van der Waals surface area contributed by atoms with E-state index in [-0.39, 0.29) is 58.6 Å². The second-order valence-corrected chi connectivity index (χ2v) is 4.14. The van der Waals surface area contributed by atoms with E-state index in [9.17, 15) is 0 Å². The van der Waals surface area contributed by atoms with Gasteiger partial charge in [-0.1, -0.05) is 32.9 Å². The van der Waals surface area contributed by atoms with Crippen molar-refractivity contribution in [2.45, 2.75) is 52.1 Å². The zero-order valence-electron chi connectivity index (χ0n) is 10.5. The second kappa shape index (κ2) is 9.87. The fraction of sp³-hybridized carbons (Fsp3) is 0.750. The van der Waals surface area contributed by atoms with E-state index in [1.54, 1.807) is 0 Å². The molecule has 2 radical (unpaired) electrons. The molecular formula is C12H21ClHgO2. The molecule has 3 atom stereocenters. The van der Waals surface area contributed by atoms with Crippen LogP contribution in [0.15, 0.2) is 12.2 Å². The second-order valence-electron chi connectivity index (χ2n) is 4.14. The summed E-state index contributed by atoms with van der Waals surface area (Å²) in [4.78, 5) is 0. The molecule has 1 fully saturated rings. The van der Waals surface area contributed by atoms with Gasteiger partial charge in [0.2, 0.25) is 0 Å². The molecule has 2 nitrogen and oxygen atoms in total. The van der Waals surface area contributed by atoms with Gasteiger partial charge in [0.1, 0.15) is 0 Å². The molecule has 0 aliphatic carbocycles. The molecule has 1 aliphatic heterocycles. The Morgan fingerprint density at radius 3 is 2.50 bits per heavy atom. The summed E-state index contributed by atoms with van der Waals surface area (Å²) in [6.07, 6.45) is 6.23. The van der Waals surface area contributed by atoms with Crippen LogP contribution in [-0.4, -0.2) is 18.5 Å². The van der Waals surface area contributed by atoms with E-state index in [1.807, 2.05) is 0 Å². The third-order valence-electron chi connectivity index (χ3n) is 2.21. The monoisotopic (exact) mass is 434 g/mol. The van der Waals surface area contributed by atoms with E-state index < -0.39 is 0 Å². The Morgan fingerprint density at radius 1 is 1.38 bits per heavy atom. The molecule has 1 heterocycles. The first-order valence-corrected chi connectivity index (χ1v) is 5.44. The van der Waals surface area contributed by atoms with Crippen LogP contribution in [0.4, 0.5) is 0 Å². The molecule has 0 spiro atoms. The van der Waals surface area contributed by atoms with Gasteiger partial charge in [0.25, 0.3) is 0 Å². The fourth-order valence-electron chi connectivity index (χ4n) is 1.47. The number of hydrogen-bond donors (Lipinski definition) is 0. The Morgan fingerprint density at radius 2 is 2.00 bits per heavy atom. The van der Waals surface area contributed by atoms with Crippen LogP contribution in [0.1, 0.15) is 33.6 Å². The third-order valence-corrected chi connectivity index (χ3v) is 2.21. The van der Waals surface area contributed by atoms with Gasteiger partial charge in [-0.25, -0.2) is 0 Å². The molecule has 0 aromatic carbocycles. The summed E-state index contributed by atoms with van der Waals surface area (Å²) in [5.74, 6) is 0.574. The first-order valence-electron chi connectivity index (χ1n) is 5.44. The minimum Gasteiger partial charge on any atom is -1.00 e. The summed E-state index contributed by atoms with van der Waals surface area (Å²) in [6.45, 7) is 10.3. The van der Waals surface area contributed by atoms with Gasteiger partial charge in [0.15, 0.2) is 6.29 Å². The molecule has 16 heavy (non-hydrogen) atoms. The van der Waals surface area contributed by atoms with Gasteiger partial charge < -0.3 is 21.9 Å². The molecule has 0 unspecified atom stereocenters. The number of ether oxygens (including phenoxy) is 2. The molecular weight excluding hydrogens is 412 g/mol. The van der Waals surface area contributed by atoms with Crippen LogP contribution in [-0.2, 0) is 37.1 Å². The minimum atomic E-state index is -0.0759. The first kappa shape index (κ1) is 19.2. The van der Waals surface area contributed by atoms with E-state index in [1.165, 1.54) is 0 Å². The van der Waals surface area contributed by atoms with Gasteiger partial charge in [-0.05, 0) is 19.3 Å². The van der Waals surface area contributed by atoms with E-state index in [0.29, 0.717) is 5.92 Å². The average Bonchev–Trinajstić information content (AvgIpc) is 2.14. The predicted molar refractivity (Wildman–Crippen MR) is 57.8 cm³/mol. The summed E-state index contributed by atoms with van der Waals surface area (Å²) in [5, 5.41) is 0. The Balaban J connectivity index is 0. The first-order chi connectivity index (χ1) is 6.61. The molecule has 0 amide bonds. The van der Waals surface area contributed by atoms with Gasteiger partial charge in [0, 0.05) is 6.42 Å². The van der Waals surface area contributed by atoms with Crippen molar-refractivity contribution >= 4 is 0 Å². The maximum absolute atomic E-state index is 5.71. The van der Waals surface area contributed by atoms with Crippen LogP contribution in [0.2, 0.25) is 0 Å². The van der Waals surface area contributed by atoms with E-state index >= 15 is 0 Å². The summed E-state index contributed by atoms with van der Waals surface area (Å²) in [5.41, 5.74) is 0. The van der Waals surface area contributed by atoms with Crippen molar-refractivity contribution in [2.24, 2.45) is 5.92 Å².